The molecule has 1 fully saturated rings. The number of aromatic nitrogens is 1. The number of hydrogen-bond donors (Lipinski definition) is 3. The van der Waals surface area contributed by atoms with Crippen molar-refractivity contribution >= 4 is 28.8 Å². The molecule has 1 aromatic heterocycles. The highest BCUT2D eigenvalue weighted by Gasteiger charge is 2.31. The van der Waals surface area contributed by atoms with Crippen LogP contribution in [0.25, 0.3) is 10.9 Å². The van der Waals surface area contributed by atoms with Gasteiger partial charge in [0.1, 0.15) is 5.69 Å². The Hall–Kier alpha value is -4.53. The quantitative estimate of drug-likeness (QED) is 0.359. The molecule has 210 valence electrons. The molecule has 0 saturated carbocycles. The van der Waals surface area contributed by atoms with Gasteiger partial charge in [0, 0.05) is 44.0 Å². The number of carbonyl (C=O) groups excluding carboxylic acids is 2. The maximum Gasteiger partial charge on any atom is 0.416 e. The van der Waals surface area contributed by atoms with Gasteiger partial charge in [0.05, 0.1) is 22.7 Å². The second-order valence-corrected chi connectivity index (χ2v) is 9.64. The largest absolute Gasteiger partial charge is 0.465 e. The lowest BCUT2D eigenvalue weighted by Crippen LogP contribution is -2.43. The molecule has 0 aliphatic carbocycles. The Morgan fingerprint density at radius 1 is 1.00 bits per heavy atom. The number of nitrogens with one attached hydrogen (secondary N) is 2. The number of amides is 3. The summed E-state index contributed by atoms with van der Waals surface area (Å²) in [4.78, 5) is 38.3. The molecule has 2 aromatic carbocycles. The molecule has 1 aliphatic rings. The third kappa shape index (κ3) is 6.72. The number of fused-ring (bicyclic) bond motifs is 1. The van der Waals surface area contributed by atoms with E-state index in [4.69, 9.17) is 5.11 Å². The fourth-order valence-corrected chi connectivity index (χ4v) is 4.80. The predicted octanol–water partition coefficient (Wildman–Crippen LogP) is 4.21. The van der Waals surface area contributed by atoms with Gasteiger partial charge in [0.15, 0.2) is 0 Å². The van der Waals surface area contributed by atoms with Crippen LogP contribution in [0, 0.1) is 17.2 Å². The number of halogens is 3. The van der Waals surface area contributed by atoms with Crippen LogP contribution in [0.15, 0.2) is 48.5 Å². The molecule has 12 heteroatoms. The van der Waals surface area contributed by atoms with E-state index in [1.165, 1.54) is 12.1 Å². The summed E-state index contributed by atoms with van der Waals surface area (Å²) in [5, 5.41) is 23.7. The average Bonchev–Trinajstić information content (AvgIpc) is 3.29. The fraction of sp³-hybridized carbons (Fsp3) is 0.357. The van der Waals surface area contributed by atoms with E-state index in [1.54, 1.807) is 33.7 Å². The van der Waals surface area contributed by atoms with Gasteiger partial charge in [-0.05, 0) is 55.2 Å². The second kappa shape index (κ2) is 12.1. The Bertz CT molecular complexity index is 1440. The van der Waals surface area contributed by atoms with Gasteiger partial charge in [0.25, 0.3) is 5.91 Å². The van der Waals surface area contributed by atoms with Gasteiger partial charge in [-0.25, -0.2) is 4.79 Å². The third-order valence-electron chi connectivity index (χ3n) is 6.96. The van der Waals surface area contributed by atoms with E-state index >= 15 is 0 Å². The van der Waals surface area contributed by atoms with Gasteiger partial charge in [-0.3, -0.25) is 9.59 Å². The Labute approximate surface area is 228 Å². The minimum atomic E-state index is -4.46. The summed E-state index contributed by atoms with van der Waals surface area (Å²) < 4.78 is 40.8. The van der Waals surface area contributed by atoms with E-state index in [2.05, 4.69) is 16.7 Å². The van der Waals surface area contributed by atoms with Crippen LogP contribution in [-0.2, 0) is 17.5 Å². The fourth-order valence-electron chi connectivity index (χ4n) is 4.80. The molecule has 0 atom stereocenters. The van der Waals surface area contributed by atoms with Crippen molar-refractivity contribution < 1.29 is 32.7 Å². The number of likely N-dealkylation sites (tertiary alicyclic amines) is 1. The van der Waals surface area contributed by atoms with Crippen LogP contribution >= 0.6 is 0 Å². The van der Waals surface area contributed by atoms with E-state index in [9.17, 15) is 32.8 Å². The van der Waals surface area contributed by atoms with Crippen LogP contribution < -0.4 is 10.6 Å². The lowest BCUT2D eigenvalue weighted by Gasteiger charge is -2.31. The summed E-state index contributed by atoms with van der Waals surface area (Å²) in [5.41, 5.74) is 1.16. The van der Waals surface area contributed by atoms with Gasteiger partial charge in [-0.15, -0.1) is 0 Å². The number of benzene rings is 2. The minimum absolute atomic E-state index is 0.132. The van der Waals surface area contributed by atoms with Crippen LogP contribution in [0.3, 0.4) is 0 Å². The molecular formula is C28H28F3N5O4. The number of nitrogens with zero attached hydrogens (tertiary/aromatic N) is 3. The molecule has 0 spiro atoms. The van der Waals surface area contributed by atoms with Crippen LogP contribution in [-0.4, -0.2) is 58.7 Å². The van der Waals surface area contributed by atoms with Crippen LogP contribution in [0.5, 0.6) is 0 Å². The normalized spacial score (nSPS) is 14.1. The second-order valence-electron chi connectivity index (χ2n) is 9.64. The molecule has 4 rings (SSSR count). The maximum atomic E-state index is 13.6. The molecular weight excluding hydrogens is 527 g/mol. The molecule has 3 aromatic rings. The van der Waals surface area contributed by atoms with E-state index < -0.39 is 17.8 Å². The van der Waals surface area contributed by atoms with Crippen molar-refractivity contribution in [2.75, 3.05) is 26.2 Å². The maximum absolute atomic E-state index is 13.6. The first-order valence-corrected chi connectivity index (χ1v) is 12.8. The summed E-state index contributed by atoms with van der Waals surface area (Å²) >= 11 is 0. The van der Waals surface area contributed by atoms with E-state index in [1.807, 2.05) is 0 Å². The molecule has 0 unspecified atom stereocenters. The number of carboxylic acid groups (broad SMARTS) is 1. The van der Waals surface area contributed by atoms with E-state index in [-0.39, 0.29) is 30.8 Å². The lowest BCUT2D eigenvalue weighted by molar-refractivity contribution is -0.137. The Morgan fingerprint density at radius 2 is 1.68 bits per heavy atom. The van der Waals surface area contributed by atoms with Crippen molar-refractivity contribution in [1.82, 2.24) is 20.1 Å². The molecule has 0 radical (unpaired) electrons. The van der Waals surface area contributed by atoms with Crippen molar-refractivity contribution in [3.63, 3.8) is 0 Å². The first kappa shape index (κ1) is 28.5. The summed E-state index contributed by atoms with van der Waals surface area (Å²) in [5.74, 6) is -0.671. The molecule has 40 heavy (non-hydrogen) atoms. The summed E-state index contributed by atoms with van der Waals surface area (Å²) in [6, 6.07) is 13.6. The van der Waals surface area contributed by atoms with Crippen molar-refractivity contribution in [2.45, 2.75) is 32.0 Å². The number of piperidine rings is 1. The van der Waals surface area contributed by atoms with Crippen molar-refractivity contribution in [3.8, 4) is 6.07 Å². The monoisotopic (exact) mass is 555 g/mol. The Morgan fingerprint density at radius 3 is 2.30 bits per heavy atom. The third-order valence-corrected chi connectivity index (χ3v) is 6.96. The van der Waals surface area contributed by atoms with E-state index in [0.29, 0.717) is 61.2 Å². The zero-order chi connectivity index (χ0) is 28.9. The molecule has 2 heterocycles. The zero-order valence-electron chi connectivity index (χ0n) is 21.5. The van der Waals surface area contributed by atoms with Gasteiger partial charge < -0.3 is 25.2 Å². The van der Waals surface area contributed by atoms with Crippen LogP contribution in [0.1, 0.15) is 46.4 Å². The highest BCUT2D eigenvalue weighted by atomic mass is 19.4. The summed E-state index contributed by atoms with van der Waals surface area (Å²) in [7, 11) is 0. The molecule has 3 amide bonds. The SMILES string of the molecule is N#Cc1ccc2cc(C(=O)N3CCC(C(=O)NCCCNC(=O)O)CC3)n(Cc3ccc(C(F)(F)F)cc3)c2c1. The van der Waals surface area contributed by atoms with Crippen LogP contribution in [0.2, 0.25) is 0 Å². The van der Waals surface area contributed by atoms with E-state index in [0.717, 1.165) is 17.5 Å². The molecule has 3 N–H and O–H groups in total. The molecule has 1 saturated heterocycles. The number of rotatable bonds is 8. The average molecular weight is 556 g/mol. The van der Waals surface area contributed by atoms with Gasteiger partial charge in [-0.1, -0.05) is 18.2 Å². The zero-order valence-corrected chi connectivity index (χ0v) is 21.5. The van der Waals surface area contributed by atoms with Gasteiger partial charge in [0.2, 0.25) is 5.91 Å². The highest BCUT2D eigenvalue weighted by Crippen LogP contribution is 2.30. The smallest absolute Gasteiger partial charge is 0.416 e. The number of hydrogen-bond acceptors (Lipinski definition) is 4. The van der Waals surface area contributed by atoms with Crippen molar-refractivity contribution in [2.24, 2.45) is 5.92 Å². The first-order valence-electron chi connectivity index (χ1n) is 12.8. The van der Waals surface area contributed by atoms with Crippen molar-refractivity contribution in [3.05, 3.63) is 70.9 Å². The number of nitriles is 1. The molecule has 0 bridgehead atoms. The van der Waals surface area contributed by atoms with Gasteiger partial charge in [-0.2, -0.15) is 18.4 Å². The van der Waals surface area contributed by atoms with Gasteiger partial charge >= 0.3 is 12.3 Å². The highest BCUT2D eigenvalue weighted by molar-refractivity contribution is 5.99. The van der Waals surface area contributed by atoms with Crippen molar-refractivity contribution in [1.29, 1.82) is 5.26 Å². The lowest BCUT2D eigenvalue weighted by atomic mass is 9.95. The van der Waals surface area contributed by atoms with Crippen LogP contribution in [0.4, 0.5) is 18.0 Å². The summed E-state index contributed by atoms with van der Waals surface area (Å²) in [6.07, 6.45) is -4.19. The topological polar surface area (TPSA) is 127 Å². The Balaban J connectivity index is 1.47. The molecule has 1 aliphatic heterocycles. The minimum Gasteiger partial charge on any atom is -0.465 e. The standard InChI is InChI=1S/C28H28F3N5O4/c29-28(30,31)22-6-3-18(4-7-22)17-36-23-14-19(16-32)2-5-21(23)15-24(36)26(38)35-12-8-20(9-13-35)25(37)33-10-1-11-34-27(39)40/h2-7,14-15,20,34H,1,8-13,17H2,(H,33,37)(H,39,40). The number of alkyl halides is 3. The predicted molar refractivity (Wildman–Crippen MR) is 139 cm³/mol. The summed E-state index contributed by atoms with van der Waals surface area (Å²) in [6.45, 7) is 1.41. The Kier molecular flexibility index (Phi) is 8.62. The molecule has 9 nitrogen and oxygen atoms in total. The number of carbonyl (C=O) groups is 3. The first-order chi connectivity index (χ1) is 19.1.